The van der Waals surface area contributed by atoms with Crippen LogP contribution in [-0.4, -0.2) is 12.8 Å². The molecule has 24 heavy (non-hydrogen) atoms. The monoisotopic (exact) mass is 323 g/mol. The van der Waals surface area contributed by atoms with Crippen LogP contribution in [0.3, 0.4) is 0 Å². The molecule has 0 saturated heterocycles. The van der Waals surface area contributed by atoms with Gasteiger partial charge in [-0.3, -0.25) is 0 Å². The number of hydrogen-bond acceptors (Lipinski definition) is 2. The summed E-state index contributed by atoms with van der Waals surface area (Å²) in [6.45, 7) is 9.80. The number of aryl methyl sites for hydroxylation is 3. The van der Waals surface area contributed by atoms with E-state index in [4.69, 9.17) is 0 Å². The fourth-order valence-corrected chi connectivity index (χ4v) is 3.39. The van der Waals surface area contributed by atoms with Crippen LogP contribution in [0.4, 0.5) is 5.69 Å². The van der Waals surface area contributed by atoms with Crippen molar-refractivity contribution >= 4 is 12.0 Å². The second-order valence-electron chi connectivity index (χ2n) is 6.60. The van der Waals surface area contributed by atoms with Crippen LogP contribution in [0.5, 0.6) is 0 Å². The minimum absolute atomic E-state index is 0.495. The standard InChI is InChI=1S/C22H29NO/c1-5-6-13-23(22-18(3)15-17(2)16-19(22)4)21-9-7-8-20(10-11-21)12-14-24/h8-11,14-16H,5-7,12-13H2,1-4H3. The largest absolute Gasteiger partial charge is 0.341 e. The number of allylic oxidation sites excluding steroid dienone is 5. The van der Waals surface area contributed by atoms with Gasteiger partial charge in [0.05, 0.1) is 0 Å². The molecule has 2 nitrogen and oxygen atoms in total. The highest BCUT2D eigenvalue weighted by atomic mass is 16.1. The maximum atomic E-state index is 10.8. The SMILES string of the molecule is CCCCN(C1=CCC=C(CC=O)C=C1)c1c(C)cc(C)cc1C. The van der Waals surface area contributed by atoms with Crippen molar-refractivity contribution in [2.75, 3.05) is 11.4 Å². The Morgan fingerprint density at radius 1 is 1.08 bits per heavy atom. The van der Waals surface area contributed by atoms with Gasteiger partial charge in [0, 0.05) is 24.4 Å². The van der Waals surface area contributed by atoms with Crippen molar-refractivity contribution in [1.29, 1.82) is 0 Å². The van der Waals surface area contributed by atoms with Crippen LogP contribution in [0.15, 0.2) is 47.7 Å². The van der Waals surface area contributed by atoms with Gasteiger partial charge < -0.3 is 9.69 Å². The van der Waals surface area contributed by atoms with Crippen LogP contribution in [0, 0.1) is 20.8 Å². The second-order valence-corrected chi connectivity index (χ2v) is 6.60. The number of carbonyl (C=O) groups is 1. The first-order valence-electron chi connectivity index (χ1n) is 8.93. The second kappa shape index (κ2) is 8.68. The lowest BCUT2D eigenvalue weighted by atomic mass is 10.0. The van der Waals surface area contributed by atoms with E-state index in [9.17, 15) is 4.79 Å². The van der Waals surface area contributed by atoms with Crippen molar-refractivity contribution in [3.63, 3.8) is 0 Å². The Kier molecular flexibility index (Phi) is 6.60. The van der Waals surface area contributed by atoms with Gasteiger partial charge in [-0.05, 0) is 56.4 Å². The Bertz CT molecular complexity index is 656. The van der Waals surface area contributed by atoms with Crippen molar-refractivity contribution in [2.45, 2.75) is 53.4 Å². The molecule has 0 fully saturated rings. The average Bonchev–Trinajstić information content (AvgIpc) is 2.75. The third-order valence-electron chi connectivity index (χ3n) is 4.45. The molecule has 0 heterocycles. The molecule has 0 spiro atoms. The molecule has 0 radical (unpaired) electrons. The molecule has 2 heteroatoms. The van der Waals surface area contributed by atoms with Crippen molar-refractivity contribution in [3.8, 4) is 0 Å². The maximum absolute atomic E-state index is 10.8. The molecule has 0 amide bonds. The van der Waals surface area contributed by atoms with Crippen LogP contribution in [-0.2, 0) is 4.79 Å². The number of nitrogens with zero attached hydrogens (tertiary/aromatic N) is 1. The smallest absolute Gasteiger partial charge is 0.124 e. The quantitative estimate of drug-likeness (QED) is 0.611. The van der Waals surface area contributed by atoms with Gasteiger partial charge in [0.25, 0.3) is 0 Å². The van der Waals surface area contributed by atoms with Gasteiger partial charge in [-0.2, -0.15) is 0 Å². The topological polar surface area (TPSA) is 20.3 Å². The van der Waals surface area contributed by atoms with Crippen LogP contribution < -0.4 is 4.90 Å². The number of rotatable bonds is 7. The van der Waals surface area contributed by atoms with Crippen LogP contribution in [0.1, 0.15) is 49.3 Å². The zero-order valence-electron chi connectivity index (χ0n) is 15.4. The third kappa shape index (κ3) is 4.47. The molecular formula is C22H29NO. The summed E-state index contributed by atoms with van der Waals surface area (Å²) in [5.74, 6) is 0. The molecule has 1 aliphatic carbocycles. The first-order chi connectivity index (χ1) is 11.6. The lowest BCUT2D eigenvalue weighted by Gasteiger charge is -2.29. The molecule has 1 aromatic rings. The van der Waals surface area contributed by atoms with Gasteiger partial charge in [0.1, 0.15) is 6.29 Å². The lowest BCUT2D eigenvalue weighted by molar-refractivity contribution is -0.107. The van der Waals surface area contributed by atoms with E-state index in [0.717, 1.165) is 31.2 Å². The Balaban J connectivity index is 2.38. The van der Waals surface area contributed by atoms with Gasteiger partial charge in [-0.1, -0.05) is 49.3 Å². The van der Waals surface area contributed by atoms with Gasteiger partial charge >= 0.3 is 0 Å². The fourth-order valence-electron chi connectivity index (χ4n) is 3.39. The Hall–Kier alpha value is -2.09. The first-order valence-corrected chi connectivity index (χ1v) is 8.93. The normalized spacial score (nSPS) is 14.0. The van der Waals surface area contributed by atoms with E-state index in [2.05, 4.69) is 69.0 Å². The molecule has 1 aliphatic rings. The van der Waals surface area contributed by atoms with Crippen LogP contribution in [0.25, 0.3) is 0 Å². The minimum atomic E-state index is 0.495. The van der Waals surface area contributed by atoms with Gasteiger partial charge in [-0.15, -0.1) is 0 Å². The highest BCUT2D eigenvalue weighted by Crippen LogP contribution is 2.31. The minimum Gasteiger partial charge on any atom is -0.341 e. The van der Waals surface area contributed by atoms with Crippen molar-refractivity contribution in [3.05, 3.63) is 64.4 Å². The highest BCUT2D eigenvalue weighted by molar-refractivity contribution is 5.65. The maximum Gasteiger partial charge on any atom is 0.124 e. The summed E-state index contributed by atoms with van der Waals surface area (Å²) in [6, 6.07) is 4.52. The summed E-state index contributed by atoms with van der Waals surface area (Å²) >= 11 is 0. The fraction of sp³-hybridized carbons (Fsp3) is 0.409. The number of hydrogen-bond donors (Lipinski definition) is 0. The van der Waals surface area contributed by atoms with Crippen molar-refractivity contribution in [2.24, 2.45) is 0 Å². The zero-order valence-corrected chi connectivity index (χ0v) is 15.4. The Morgan fingerprint density at radius 3 is 2.42 bits per heavy atom. The molecule has 128 valence electrons. The van der Waals surface area contributed by atoms with Crippen LogP contribution in [0.2, 0.25) is 0 Å². The summed E-state index contributed by atoms with van der Waals surface area (Å²) in [7, 11) is 0. The molecule has 1 aromatic carbocycles. The van der Waals surface area contributed by atoms with E-state index in [0.29, 0.717) is 6.42 Å². The first kappa shape index (κ1) is 18.3. The van der Waals surface area contributed by atoms with E-state index in [-0.39, 0.29) is 0 Å². The Morgan fingerprint density at radius 2 is 1.79 bits per heavy atom. The van der Waals surface area contributed by atoms with E-state index in [1.807, 2.05) is 0 Å². The zero-order chi connectivity index (χ0) is 17.5. The molecule has 0 bridgehead atoms. The summed E-state index contributed by atoms with van der Waals surface area (Å²) in [5.41, 5.74) is 7.61. The molecule has 0 atom stereocenters. The van der Waals surface area contributed by atoms with Crippen LogP contribution >= 0.6 is 0 Å². The molecule has 0 aliphatic heterocycles. The van der Waals surface area contributed by atoms with Gasteiger partial charge in [0.15, 0.2) is 0 Å². The number of aldehydes is 1. The molecule has 0 N–H and O–H groups in total. The summed E-state index contributed by atoms with van der Waals surface area (Å²) in [6.07, 6.45) is 13.3. The predicted octanol–water partition coefficient (Wildman–Crippen LogP) is 5.58. The molecular weight excluding hydrogens is 294 g/mol. The van der Waals surface area contributed by atoms with E-state index < -0.39 is 0 Å². The summed E-state index contributed by atoms with van der Waals surface area (Å²) in [5, 5.41) is 0. The van der Waals surface area contributed by atoms with Gasteiger partial charge in [-0.25, -0.2) is 0 Å². The summed E-state index contributed by atoms with van der Waals surface area (Å²) in [4.78, 5) is 13.2. The average molecular weight is 323 g/mol. The Labute approximate surface area is 146 Å². The van der Waals surface area contributed by atoms with Crippen molar-refractivity contribution in [1.82, 2.24) is 0 Å². The molecule has 0 aromatic heterocycles. The number of benzene rings is 1. The number of unbranched alkanes of at least 4 members (excludes halogenated alkanes) is 1. The summed E-state index contributed by atoms with van der Waals surface area (Å²) < 4.78 is 0. The molecule has 0 unspecified atom stereocenters. The predicted molar refractivity (Wildman–Crippen MR) is 104 cm³/mol. The van der Waals surface area contributed by atoms with Crippen molar-refractivity contribution < 1.29 is 4.79 Å². The third-order valence-corrected chi connectivity index (χ3v) is 4.45. The molecule has 0 saturated carbocycles. The number of carbonyl (C=O) groups excluding carboxylic acids is 1. The molecule has 2 rings (SSSR count). The van der Waals surface area contributed by atoms with E-state index in [1.165, 1.54) is 34.5 Å². The lowest BCUT2D eigenvalue weighted by Crippen LogP contribution is -2.24. The number of anilines is 1. The van der Waals surface area contributed by atoms with E-state index in [1.54, 1.807) is 0 Å². The highest BCUT2D eigenvalue weighted by Gasteiger charge is 2.16. The van der Waals surface area contributed by atoms with E-state index >= 15 is 0 Å². The van der Waals surface area contributed by atoms with Gasteiger partial charge in [0.2, 0.25) is 0 Å².